The number of hydrogen-bond acceptors (Lipinski definition) is 5. The molecule has 21 heavy (non-hydrogen) atoms. The van der Waals surface area contributed by atoms with Gasteiger partial charge in [0, 0.05) is 25.7 Å². The third kappa shape index (κ3) is 4.06. The molecule has 5 heteroatoms. The minimum absolute atomic E-state index is 0.772. The van der Waals surface area contributed by atoms with Crippen molar-refractivity contribution in [3.05, 3.63) is 11.9 Å². The highest BCUT2D eigenvalue weighted by molar-refractivity contribution is 5.58. The number of anilines is 2. The molecular weight excluding hydrogens is 262 g/mol. The standard InChI is InChI=1S/C16H29N5/c1-5-14-15(17-6-2)18-12-19-16(14)21(4)11-13-7-9-20(3)10-8-13/h12-13H,5-11H2,1-4H3,(H,17,18,19). The summed E-state index contributed by atoms with van der Waals surface area (Å²) in [6.07, 6.45) is 5.20. The van der Waals surface area contributed by atoms with Crippen LogP contribution in [0.15, 0.2) is 6.33 Å². The van der Waals surface area contributed by atoms with E-state index < -0.39 is 0 Å². The molecule has 1 aromatic rings. The number of rotatable bonds is 6. The van der Waals surface area contributed by atoms with Crippen LogP contribution < -0.4 is 10.2 Å². The maximum Gasteiger partial charge on any atom is 0.137 e. The van der Waals surface area contributed by atoms with E-state index in [9.17, 15) is 0 Å². The topological polar surface area (TPSA) is 44.3 Å². The summed E-state index contributed by atoms with van der Waals surface area (Å²) in [4.78, 5) is 13.7. The Hall–Kier alpha value is -1.36. The van der Waals surface area contributed by atoms with Crippen LogP contribution in [0.25, 0.3) is 0 Å². The van der Waals surface area contributed by atoms with Gasteiger partial charge in [-0.1, -0.05) is 6.92 Å². The van der Waals surface area contributed by atoms with Crippen molar-refractivity contribution in [2.45, 2.75) is 33.1 Å². The van der Waals surface area contributed by atoms with Gasteiger partial charge in [-0.2, -0.15) is 0 Å². The number of likely N-dealkylation sites (tertiary alicyclic amines) is 1. The van der Waals surface area contributed by atoms with E-state index >= 15 is 0 Å². The largest absolute Gasteiger partial charge is 0.370 e. The van der Waals surface area contributed by atoms with E-state index in [1.807, 2.05) is 0 Å². The van der Waals surface area contributed by atoms with Gasteiger partial charge in [0.25, 0.3) is 0 Å². The summed E-state index contributed by atoms with van der Waals surface area (Å²) in [5, 5.41) is 3.35. The van der Waals surface area contributed by atoms with Crippen molar-refractivity contribution < 1.29 is 0 Å². The average molecular weight is 291 g/mol. The molecule has 1 aliphatic rings. The van der Waals surface area contributed by atoms with Crippen LogP contribution in [0.2, 0.25) is 0 Å². The van der Waals surface area contributed by atoms with Crippen molar-refractivity contribution in [3.8, 4) is 0 Å². The van der Waals surface area contributed by atoms with Gasteiger partial charge < -0.3 is 15.1 Å². The molecular formula is C16H29N5. The number of hydrogen-bond donors (Lipinski definition) is 1. The summed E-state index contributed by atoms with van der Waals surface area (Å²) >= 11 is 0. The van der Waals surface area contributed by atoms with Crippen molar-refractivity contribution >= 4 is 11.6 Å². The van der Waals surface area contributed by atoms with Gasteiger partial charge in [0.15, 0.2) is 0 Å². The SMILES string of the molecule is CCNc1ncnc(N(C)CC2CCN(C)CC2)c1CC. The molecule has 1 aromatic heterocycles. The lowest BCUT2D eigenvalue weighted by Crippen LogP contribution is -2.36. The summed E-state index contributed by atoms with van der Waals surface area (Å²) in [7, 11) is 4.37. The lowest BCUT2D eigenvalue weighted by atomic mass is 9.96. The fourth-order valence-corrected chi connectivity index (χ4v) is 3.10. The minimum Gasteiger partial charge on any atom is -0.370 e. The van der Waals surface area contributed by atoms with E-state index in [4.69, 9.17) is 0 Å². The first-order valence-corrected chi connectivity index (χ1v) is 8.13. The molecule has 1 aliphatic heterocycles. The molecule has 1 fully saturated rings. The molecule has 0 radical (unpaired) electrons. The van der Waals surface area contributed by atoms with Crippen LogP contribution in [0, 0.1) is 5.92 Å². The number of aromatic nitrogens is 2. The van der Waals surface area contributed by atoms with Crippen LogP contribution in [0.4, 0.5) is 11.6 Å². The molecule has 0 unspecified atom stereocenters. The van der Waals surface area contributed by atoms with Crippen molar-refractivity contribution in [2.75, 3.05) is 50.5 Å². The fourth-order valence-electron chi connectivity index (χ4n) is 3.10. The highest BCUT2D eigenvalue weighted by Crippen LogP contribution is 2.25. The van der Waals surface area contributed by atoms with E-state index in [-0.39, 0.29) is 0 Å². The zero-order chi connectivity index (χ0) is 15.2. The Morgan fingerprint density at radius 2 is 2.00 bits per heavy atom. The molecule has 0 bridgehead atoms. The van der Waals surface area contributed by atoms with Crippen molar-refractivity contribution in [3.63, 3.8) is 0 Å². The molecule has 2 heterocycles. The Kier molecular flexibility index (Phi) is 5.79. The Labute approximate surface area is 128 Å². The van der Waals surface area contributed by atoms with Crippen LogP contribution in [0.3, 0.4) is 0 Å². The Morgan fingerprint density at radius 1 is 1.29 bits per heavy atom. The van der Waals surface area contributed by atoms with Crippen LogP contribution in [-0.2, 0) is 6.42 Å². The molecule has 1 N–H and O–H groups in total. The van der Waals surface area contributed by atoms with Crippen LogP contribution in [-0.4, -0.2) is 55.1 Å². The van der Waals surface area contributed by atoms with Gasteiger partial charge >= 0.3 is 0 Å². The summed E-state index contributed by atoms with van der Waals surface area (Å²) < 4.78 is 0. The second kappa shape index (κ2) is 7.59. The molecule has 2 rings (SSSR count). The average Bonchev–Trinajstić information content (AvgIpc) is 2.49. The van der Waals surface area contributed by atoms with Gasteiger partial charge in [-0.05, 0) is 52.2 Å². The molecule has 0 aliphatic carbocycles. The first kappa shape index (κ1) is 16.0. The smallest absolute Gasteiger partial charge is 0.137 e. The first-order chi connectivity index (χ1) is 10.2. The number of nitrogens with one attached hydrogen (secondary N) is 1. The van der Waals surface area contributed by atoms with Crippen LogP contribution >= 0.6 is 0 Å². The predicted molar refractivity (Wildman–Crippen MR) is 89.1 cm³/mol. The fraction of sp³-hybridized carbons (Fsp3) is 0.750. The lowest BCUT2D eigenvalue weighted by molar-refractivity contribution is 0.222. The van der Waals surface area contributed by atoms with Gasteiger partial charge in [0.1, 0.15) is 18.0 Å². The maximum atomic E-state index is 4.54. The van der Waals surface area contributed by atoms with Crippen LogP contribution in [0.1, 0.15) is 32.3 Å². The van der Waals surface area contributed by atoms with E-state index in [0.717, 1.165) is 37.1 Å². The monoisotopic (exact) mass is 291 g/mol. The third-order valence-corrected chi connectivity index (χ3v) is 4.35. The van der Waals surface area contributed by atoms with E-state index in [1.165, 1.54) is 31.5 Å². The summed E-state index contributed by atoms with van der Waals surface area (Å²) in [5.74, 6) is 2.84. The summed E-state index contributed by atoms with van der Waals surface area (Å²) in [6.45, 7) is 8.68. The Balaban J connectivity index is 2.07. The third-order valence-electron chi connectivity index (χ3n) is 4.35. The summed E-state index contributed by atoms with van der Waals surface area (Å²) in [6, 6.07) is 0. The quantitative estimate of drug-likeness (QED) is 0.871. The van der Waals surface area contributed by atoms with Gasteiger partial charge in [-0.3, -0.25) is 0 Å². The maximum absolute atomic E-state index is 4.54. The molecule has 0 spiro atoms. The molecule has 5 nitrogen and oxygen atoms in total. The van der Waals surface area contributed by atoms with Gasteiger partial charge in [-0.25, -0.2) is 9.97 Å². The highest BCUT2D eigenvalue weighted by atomic mass is 15.2. The minimum atomic E-state index is 0.772. The zero-order valence-corrected chi connectivity index (χ0v) is 13.9. The highest BCUT2D eigenvalue weighted by Gasteiger charge is 2.20. The van der Waals surface area contributed by atoms with Gasteiger partial charge in [0.2, 0.25) is 0 Å². The summed E-state index contributed by atoms with van der Waals surface area (Å²) in [5.41, 5.74) is 1.23. The number of nitrogens with zero attached hydrogens (tertiary/aromatic N) is 4. The van der Waals surface area contributed by atoms with Crippen molar-refractivity contribution in [1.82, 2.24) is 14.9 Å². The van der Waals surface area contributed by atoms with Gasteiger partial charge in [-0.15, -0.1) is 0 Å². The second-order valence-electron chi connectivity index (χ2n) is 6.04. The molecule has 1 saturated heterocycles. The Morgan fingerprint density at radius 3 is 2.62 bits per heavy atom. The second-order valence-corrected chi connectivity index (χ2v) is 6.04. The molecule has 0 aromatic carbocycles. The lowest BCUT2D eigenvalue weighted by Gasteiger charge is -2.32. The zero-order valence-electron chi connectivity index (χ0n) is 13.9. The molecule has 118 valence electrons. The number of piperidine rings is 1. The van der Waals surface area contributed by atoms with E-state index in [0.29, 0.717) is 0 Å². The molecule has 0 amide bonds. The van der Waals surface area contributed by atoms with E-state index in [1.54, 1.807) is 6.33 Å². The first-order valence-electron chi connectivity index (χ1n) is 8.13. The molecule has 0 saturated carbocycles. The van der Waals surface area contributed by atoms with Crippen LogP contribution in [0.5, 0.6) is 0 Å². The van der Waals surface area contributed by atoms with E-state index in [2.05, 4.69) is 53.0 Å². The molecule has 0 atom stereocenters. The van der Waals surface area contributed by atoms with Crippen molar-refractivity contribution in [1.29, 1.82) is 0 Å². The predicted octanol–water partition coefficient (Wildman–Crippen LogP) is 2.25. The van der Waals surface area contributed by atoms with Gasteiger partial charge in [0.05, 0.1) is 0 Å². The normalized spacial score (nSPS) is 17.0. The Bertz CT molecular complexity index is 440. The van der Waals surface area contributed by atoms with Crippen molar-refractivity contribution in [2.24, 2.45) is 5.92 Å².